The molecule has 1 saturated heterocycles. The van der Waals surface area contributed by atoms with E-state index in [2.05, 4.69) is 34.1 Å². The van der Waals surface area contributed by atoms with Crippen LogP contribution in [-0.2, 0) is 0 Å². The Hall–Kier alpha value is -1.93. The van der Waals surface area contributed by atoms with Crippen LogP contribution in [0.2, 0.25) is 0 Å². The molecule has 0 aromatic heterocycles. The number of benzene rings is 2. The number of thioether (sulfide) groups is 1. The van der Waals surface area contributed by atoms with Gasteiger partial charge in [-0.05, 0) is 43.3 Å². The Morgan fingerprint density at radius 3 is 2.57 bits per heavy atom. The highest BCUT2D eigenvalue weighted by Gasteiger charge is 2.34. The molecule has 30 heavy (non-hydrogen) atoms. The normalized spacial score (nSPS) is 24.6. The van der Waals surface area contributed by atoms with Gasteiger partial charge in [0, 0.05) is 37.1 Å². The highest BCUT2D eigenvalue weighted by Crippen LogP contribution is 2.41. The average Bonchev–Trinajstić information content (AvgIpc) is 2.94. The zero-order valence-corrected chi connectivity index (χ0v) is 18.1. The first-order valence-electron chi connectivity index (χ1n) is 10.5. The Bertz CT molecular complexity index is 814. The molecule has 2 heterocycles. The lowest BCUT2D eigenvalue weighted by Gasteiger charge is -2.37. The Labute approximate surface area is 182 Å². The van der Waals surface area contributed by atoms with E-state index in [0.717, 1.165) is 49.8 Å². The van der Waals surface area contributed by atoms with E-state index < -0.39 is 12.2 Å². The topological polar surface area (TPSA) is 65.4 Å². The number of aliphatic hydroxyl groups is 2. The molecule has 2 aromatic carbocycles. The summed E-state index contributed by atoms with van der Waals surface area (Å²) in [7, 11) is 1.64. The summed E-state index contributed by atoms with van der Waals surface area (Å²) in [6.45, 7) is 4.73. The van der Waals surface area contributed by atoms with Gasteiger partial charge in [0.15, 0.2) is 0 Å². The number of anilines is 1. The van der Waals surface area contributed by atoms with E-state index >= 15 is 0 Å². The molecule has 2 aliphatic heterocycles. The average molecular weight is 431 g/mol. The molecule has 6 nitrogen and oxygen atoms in total. The van der Waals surface area contributed by atoms with Gasteiger partial charge in [0.25, 0.3) is 0 Å². The molecule has 1 fully saturated rings. The molecule has 3 unspecified atom stereocenters. The molecule has 3 atom stereocenters. The van der Waals surface area contributed by atoms with Crippen molar-refractivity contribution in [1.29, 1.82) is 0 Å². The zero-order chi connectivity index (χ0) is 20.9. The van der Waals surface area contributed by atoms with Crippen molar-refractivity contribution >= 4 is 17.4 Å². The minimum absolute atomic E-state index is 0.0531. The lowest BCUT2D eigenvalue weighted by atomic mass is 10.1. The van der Waals surface area contributed by atoms with Crippen molar-refractivity contribution in [3.63, 3.8) is 0 Å². The number of nitrogens with zero attached hydrogens (tertiary/aromatic N) is 2. The van der Waals surface area contributed by atoms with Gasteiger partial charge in [0.1, 0.15) is 23.7 Å². The molecule has 0 aliphatic carbocycles. The third-order valence-electron chi connectivity index (χ3n) is 5.87. The summed E-state index contributed by atoms with van der Waals surface area (Å²) >= 11 is 1.62. The largest absolute Gasteiger partial charge is 0.497 e. The van der Waals surface area contributed by atoms with Crippen LogP contribution in [0.5, 0.6) is 11.5 Å². The minimum Gasteiger partial charge on any atom is -0.497 e. The van der Waals surface area contributed by atoms with Crippen LogP contribution in [0.4, 0.5) is 5.69 Å². The maximum absolute atomic E-state index is 10.9. The fourth-order valence-electron chi connectivity index (χ4n) is 4.06. The minimum atomic E-state index is -0.732. The van der Waals surface area contributed by atoms with Gasteiger partial charge in [0.2, 0.25) is 0 Å². The van der Waals surface area contributed by atoms with E-state index in [0.29, 0.717) is 5.75 Å². The van der Waals surface area contributed by atoms with Crippen LogP contribution in [0.15, 0.2) is 53.4 Å². The first-order chi connectivity index (χ1) is 14.7. The van der Waals surface area contributed by atoms with Crippen molar-refractivity contribution in [2.75, 3.05) is 51.3 Å². The van der Waals surface area contributed by atoms with Crippen molar-refractivity contribution in [3.8, 4) is 11.5 Å². The summed E-state index contributed by atoms with van der Waals surface area (Å²) < 4.78 is 11.3. The van der Waals surface area contributed by atoms with Gasteiger partial charge in [-0.25, -0.2) is 0 Å². The number of ether oxygens (including phenoxy) is 2. The number of hydrogen-bond acceptors (Lipinski definition) is 7. The Kier molecular flexibility index (Phi) is 7.04. The zero-order valence-electron chi connectivity index (χ0n) is 17.3. The molecule has 2 aromatic rings. The van der Waals surface area contributed by atoms with Crippen LogP contribution < -0.4 is 14.4 Å². The van der Waals surface area contributed by atoms with Gasteiger partial charge in [-0.2, -0.15) is 0 Å². The monoisotopic (exact) mass is 430 g/mol. The third kappa shape index (κ3) is 4.86. The van der Waals surface area contributed by atoms with Crippen molar-refractivity contribution < 1.29 is 19.7 Å². The van der Waals surface area contributed by atoms with Crippen LogP contribution in [-0.4, -0.2) is 79.0 Å². The highest BCUT2D eigenvalue weighted by atomic mass is 32.2. The van der Waals surface area contributed by atoms with Crippen molar-refractivity contribution in [3.05, 3.63) is 48.5 Å². The molecular formula is C23H30N2O4S. The molecule has 0 amide bonds. The van der Waals surface area contributed by atoms with Crippen molar-refractivity contribution in [2.24, 2.45) is 0 Å². The molecule has 0 bridgehead atoms. The van der Waals surface area contributed by atoms with Crippen molar-refractivity contribution in [2.45, 2.75) is 28.8 Å². The maximum atomic E-state index is 10.9. The van der Waals surface area contributed by atoms with Gasteiger partial charge in [-0.3, -0.25) is 4.90 Å². The van der Waals surface area contributed by atoms with Crippen LogP contribution in [0.3, 0.4) is 0 Å². The lowest BCUT2D eigenvalue weighted by Crippen LogP contribution is -2.48. The van der Waals surface area contributed by atoms with E-state index in [1.54, 1.807) is 18.9 Å². The van der Waals surface area contributed by atoms with Gasteiger partial charge in [0.05, 0.1) is 18.6 Å². The number of aliphatic hydroxyl groups excluding tert-OH is 2. The SMILES string of the molecule is COc1ccc2c(c1)SC(CCN1CCN(c3ccccc3)CC1)C(O)C(CO)O2. The second-order valence-electron chi connectivity index (χ2n) is 7.75. The number of piperazine rings is 1. The van der Waals surface area contributed by atoms with Crippen LogP contribution in [0.1, 0.15) is 6.42 Å². The Balaban J connectivity index is 1.37. The number of fused-ring (bicyclic) bond motifs is 1. The van der Waals surface area contributed by atoms with Gasteiger partial charge < -0.3 is 24.6 Å². The third-order valence-corrected chi connectivity index (χ3v) is 7.26. The summed E-state index contributed by atoms with van der Waals surface area (Å²) in [5, 5.41) is 20.6. The van der Waals surface area contributed by atoms with E-state index in [9.17, 15) is 10.2 Å². The van der Waals surface area contributed by atoms with Crippen molar-refractivity contribution in [1.82, 2.24) is 4.90 Å². The molecule has 2 N–H and O–H groups in total. The van der Waals surface area contributed by atoms with Gasteiger partial charge in [-0.1, -0.05) is 18.2 Å². The number of methoxy groups -OCH3 is 1. The quantitative estimate of drug-likeness (QED) is 0.730. The van der Waals surface area contributed by atoms with E-state index in [-0.39, 0.29) is 11.9 Å². The standard InChI is InChI=1S/C23H30N2O4S/c1-28-18-7-8-19-22(15-18)30-21(23(27)20(16-26)29-19)9-10-24-11-13-25(14-12-24)17-5-3-2-4-6-17/h2-8,15,20-21,23,26-27H,9-14,16H2,1H3. The first-order valence-corrected chi connectivity index (χ1v) is 11.4. The Morgan fingerprint density at radius 1 is 1.10 bits per heavy atom. The number of hydrogen-bond donors (Lipinski definition) is 2. The van der Waals surface area contributed by atoms with Crippen LogP contribution in [0.25, 0.3) is 0 Å². The van der Waals surface area contributed by atoms with Gasteiger partial charge >= 0.3 is 0 Å². The fraction of sp³-hybridized carbons (Fsp3) is 0.478. The van der Waals surface area contributed by atoms with E-state index in [1.165, 1.54) is 5.69 Å². The number of para-hydroxylation sites is 1. The molecule has 4 rings (SSSR count). The molecular weight excluding hydrogens is 400 g/mol. The second-order valence-corrected chi connectivity index (χ2v) is 9.03. The van der Waals surface area contributed by atoms with Crippen LogP contribution >= 0.6 is 11.8 Å². The lowest BCUT2D eigenvalue weighted by molar-refractivity contribution is 0.000302. The molecule has 0 spiro atoms. The number of rotatable bonds is 6. The molecule has 0 radical (unpaired) electrons. The fourth-order valence-corrected chi connectivity index (χ4v) is 5.34. The summed E-state index contributed by atoms with van der Waals surface area (Å²) in [6.07, 6.45) is -0.524. The van der Waals surface area contributed by atoms with Gasteiger partial charge in [-0.15, -0.1) is 11.8 Å². The smallest absolute Gasteiger partial charge is 0.149 e. The molecule has 0 saturated carbocycles. The summed E-state index contributed by atoms with van der Waals surface area (Å²) in [5.74, 6) is 1.45. The predicted octanol–water partition coefficient (Wildman–Crippen LogP) is 2.48. The summed E-state index contributed by atoms with van der Waals surface area (Å²) in [5.41, 5.74) is 1.28. The molecule has 2 aliphatic rings. The van der Waals surface area contributed by atoms with E-state index in [4.69, 9.17) is 9.47 Å². The second kappa shape index (κ2) is 9.92. The Morgan fingerprint density at radius 2 is 1.87 bits per heavy atom. The summed E-state index contributed by atoms with van der Waals surface area (Å²) in [6, 6.07) is 16.2. The maximum Gasteiger partial charge on any atom is 0.149 e. The molecule has 7 heteroatoms. The van der Waals surface area contributed by atoms with Crippen LogP contribution in [0, 0.1) is 0 Å². The predicted molar refractivity (Wildman–Crippen MR) is 120 cm³/mol. The summed E-state index contributed by atoms with van der Waals surface area (Å²) in [4.78, 5) is 5.83. The first kappa shape index (κ1) is 21.3. The molecule has 162 valence electrons. The van der Waals surface area contributed by atoms with E-state index in [1.807, 2.05) is 24.3 Å². The highest BCUT2D eigenvalue weighted by molar-refractivity contribution is 8.00.